The summed E-state index contributed by atoms with van der Waals surface area (Å²) in [5, 5.41) is 5.76. The first-order chi connectivity index (χ1) is 9.49. The highest BCUT2D eigenvalue weighted by molar-refractivity contribution is 8.00. The average Bonchev–Trinajstić information content (AvgIpc) is 2.40. The van der Waals surface area contributed by atoms with Crippen LogP contribution in [0.2, 0.25) is 0 Å². The van der Waals surface area contributed by atoms with Crippen LogP contribution in [-0.2, 0) is 16.0 Å². The molecule has 2 unspecified atom stereocenters. The van der Waals surface area contributed by atoms with Crippen LogP contribution in [-0.4, -0.2) is 23.1 Å². The molecule has 1 aliphatic heterocycles. The standard InChI is InChI=1S/C15H20N2O2S/c1-4-9(2)16-14(18)8-11-5-6-13-12(7-11)17-15(19)10(3)20-13/h5-7,9-10H,4,8H2,1-3H3,(H,16,18)(H,17,19). The van der Waals surface area contributed by atoms with Gasteiger partial charge in [-0.15, -0.1) is 11.8 Å². The van der Waals surface area contributed by atoms with Gasteiger partial charge in [-0.1, -0.05) is 13.0 Å². The quantitative estimate of drug-likeness (QED) is 0.896. The summed E-state index contributed by atoms with van der Waals surface area (Å²) in [6, 6.07) is 6.01. The Kier molecular flexibility index (Phi) is 4.70. The number of anilines is 1. The summed E-state index contributed by atoms with van der Waals surface area (Å²) < 4.78 is 0. The topological polar surface area (TPSA) is 58.2 Å². The molecule has 20 heavy (non-hydrogen) atoms. The Morgan fingerprint density at radius 3 is 2.95 bits per heavy atom. The minimum Gasteiger partial charge on any atom is -0.353 e. The zero-order valence-electron chi connectivity index (χ0n) is 12.0. The number of carbonyl (C=O) groups excluding carboxylic acids is 2. The number of thioether (sulfide) groups is 1. The minimum atomic E-state index is -0.0675. The fourth-order valence-corrected chi connectivity index (χ4v) is 2.91. The highest BCUT2D eigenvalue weighted by Gasteiger charge is 2.23. The molecule has 0 aliphatic carbocycles. The van der Waals surface area contributed by atoms with Crippen molar-refractivity contribution < 1.29 is 9.59 Å². The third-order valence-electron chi connectivity index (χ3n) is 3.36. The highest BCUT2D eigenvalue weighted by Crippen LogP contribution is 2.35. The van der Waals surface area contributed by atoms with E-state index in [9.17, 15) is 9.59 Å². The Balaban J connectivity index is 2.06. The lowest BCUT2D eigenvalue weighted by molar-refractivity contribution is -0.121. The number of hydrogen-bond acceptors (Lipinski definition) is 3. The second kappa shape index (κ2) is 6.31. The first-order valence-corrected chi connectivity index (χ1v) is 7.77. The second-order valence-electron chi connectivity index (χ2n) is 5.13. The van der Waals surface area contributed by atoms with Gasteiger partial charge < -0.3 is 10.6 Å². The lowest BCUT2D eigenvalue weighted by Crippen LogP contribution is -2.33. The Labute approximate surface area is 123 Å². The number of hydrogen-bond donors (Lipinski definition) is 2. The summed E-state index contributed by atoms with van der Waals surface area (Å²) in [5.41, 5.74) is 1.73. The van der Waals surface area contributed by atoms with Crippen LogP contribution in [0.1, 0.15) is 32.8 Å². The maximum absolute atomic E-state index is 11.9. The molecule has 1 heterocycles. The Hall–Kier alpha value is -1.49. The van der Waals surface area contributed by atoms with Crippen LogP contribution in [0.3, 0.4) is 0 Å². The zero-order valence-corrected chi connectivity index (χ0v) is 12.8. The van der Waals surface area contributed by atoms with Gasteiger partial charge in [0.15, 0.2) is 0 Å². The summed E-state index contributed by atoms with van der Waals surface area (Å²) in [5.74, 6) is 0.0335. The van der Waals surface area contributed by atoms with E-state index in [4.69, 9.17) is 0 Å². The second-order valence-corrected chi connectivity index (χ2v) is 6.52. The van der Waals surface area contributed by atoms with Gasteiger partial charge in [-0.2, -0.15) is 0 Å². The average molecular weight is 292 g/mol. The number of nitrogens with one attached hydrogen (secondary N) is 2. The number of fused-ring (bicyclic) bond motifs is 1. The molecule has 0 aromatic heterocycles. The van der Waals surface area contributed by atoms with Gasteiger partial charge >= 0.3 is 0 Å². The fraction of sp³-hybridized carbons (Fsp3) is 0.467. The highest BCUT2D eigenvalue weighted by atomic mass is 32.2. The number of carbonyl (C=O) groups is 2. The van der Waals surface area contributed by atoms with E-state index in [-0.39, 0.29) is 23.1 Å². The van der Waals surface area contributed by atoms with Crippen molar-refractivity contribution in [3.05, 3.63) is 23.8 Å². The van der Waals surface area contributed by atoms with Crippen molar-refractivity contribution in [3.63, 3.8) is 0 Å². The lowest BCUT2D eigenvalue weighted by Gasteiger charge is -2.22. The van der Waals surface area contributed by atoms with Crippen molar-refractivity contribution in [1.82, 2.24) is 5.32 Å². The van der Waals surface area contributed by atoms with E-state index in [1.807, 2.05) is 39.0 Å². The monoisotopic (exact) mass is 292 g/mol. The van der Waals surface area contributed by atoms with E-state index in [1.165, 1.54) is 0 Å². The zero-order chi connectivity index (χ0) is 14.7. The van der Waals surface area contributed by atoms with E-state index < -0.39 is 0 Å². The predicted molar refractivity (Wildman–Crippen MR) is 82.0 cm³/mol. The van der Waals surface area contributed by atoms with E-state index in [0.29, 0.717) is 6.42 Å². The molecule has 0 fully saturated rings. The van der Waals surface area contributed by atoms with E-state index >= 15 is 0 Å². The number of amides is 2. The lowest BCUT2D eigenvalue weighted by atomic mass is 10.1. The van der Waals surface area contributed by atoms with Crippen molar-refractivity contribution >= 4 is 29.3 Å². The van der Waals surface area contributed by atoms with Crippen molar-refractivity contribution in [2.45, 2.75) is 49.8 Å². The number of rotatable bonds is 4. The maximum Gasteiger partial charge on any atom is 0.237 e. The molecule has 2 rings (SSSR count). The molecule has 0 bridgehead atoms. The van der Waals surface area contributed by atoms with Crippen molar-refractivity contribution in [1.29, 1.82) is 0 Å². The molecule has 2 amide bonds. The minimum absolute atomic E-state index is 0.0162. The Morgan fingerprint density at radius 1 is 1.50 bits per heavy atom. The molecule has 1 aliphatic rings. The van der Waals surface area contributed by atoms with Crippen LogP contribution in [0.4, 0.5) is 5.69 Å². The Morgan fingerprint density at radius 2 is 2.25 bits per heavy atom. The molecule has 0 saturated heterocycles. The van der Waals surface area contributed by atoms with Crippen LogP contribution in [0.5, 0.6) is 0 Å². The molecular formula is C15H20N2O2S. The normalized spacial score (nSPS) is 18.9. The Bertz CT molecular complexity index is 531. The van der Waals surface area contributed by atoms with Crippen LogP contribution >= 0.6 is 11.8 Å². The molecule has 1 aromatic rings. The summed E-state index contributed by atoms with van der Waals surface area (Å²) in [4.78, 5) is 24.6. The SMILES string of the molecule is CCC(C)NC(=O)Cc1ccc2c(c1)NC(=O)C(C)S2. The van der Waals surface area contributed by atoms with E-state index in [1.54, 1.807) is 11.8 Å². The van der Waals surface area contributed by atoms with Gasteiger partial charge in [0.05, 0.1) is 17.4 Å². The van der Waals surface area contributed by atoms with E-state index in [0.717, 1.165) is 22.6 Å². The van der Waals surface area contributed by atoms with E-state index in [2.05, 4.69) is 10.6 Å². The van der Waals surface area contributed by atoms with Gasteiger partial charge in [-0.05, 0) is 38.0 Å². The third-order valence-corrected chi connectivity index (χ3v) is 4.54. The van der Waals surface area contributed by atoms with Gasteiger partial charge in [0.2, 0.25) is 11.8 Å². The van der Waals surface area contributed by atoms with Gasteiger partial charge in [0.1, 0.15) is 0 Å². The van der Waals surface area contributed by atoms with Crippen molar-refractivity contribution in [3.8, 4) is 0 Å². The largest absolute Gasteiger partial charge is 0.353 e. The molecule has 0 spiro atoms. The van der Waals surface area contributed by atoms with Gasteiger partial charge in [-0.3, -0.25) is 9.59 Å². The molecule has 0 radical (unpaired) electrons. The summed E-state index contributed by atoms with van der Waals surface area (Å²) in [6.45, 7) is 5.91. The molecular weight excluding hydrogens is 272 g/mol. The molecule has 5 heteroatoms. The summed E-state index contributed by atoms with van der Waals surface area (Å²) in [6.07, 6.45) is 1.26. The molecule has 2 atom stereocenters. The summed E-state index contributed by atoms with van der Waals surface area (Å²) in [7, 11) is 0. The van der Waals surface area contributed by atoms with Crippen LogP contribution in [0.15, 0.2) is 23.1 Å². The predicted octanol–water partition coefficient (Wildman–Crippen LogP) is 2.58. The first kappa shape index (κ1) is 14.9. The molecule has 4 nitrogen and oxygen atoms in total. The number of benzene rings is 1. The van der Waals surface area contributed by atoms with Gasteiger partial charge in [-0.25, -0.2) is 0 Å². The van der Waals surface area contributed by atoms with Crippen molar-refractivity contribution in [2.24, 2.45) is 0 Å². The van der Waals surface area contributed by atoms with Crippen LogP contribution < -0.4 is 10.6 Å². The first-order valence-electron chi connectivity index (χ1n) is 6.89. The van der Waals surface area contributed by atoms with Gasteiger partial charge in [0, 0.05) is 10.9 Å². The summed E-state index contributed by atoms with van der Waals surface area (Å²) >= 11 is 1.55. The van der Waals surface area contributed by atoms with Crippen LogP contribution in [0.25, 0.3) is 0 Å². The molecule has 108 valence electrons. The smallest absolute Gasteiger partial charge is 0.237 e. The molecule has 2 N–H and O–H groups in total. The maximum atomic E-state index is 11.9. The molecule has 0 saturated carbocycles. The fourth-order valence-electron chi connectivity index (χ4n) is 1.98. The third kappa shape index (κ3) is 3.54. The van der Waals surface area contributed by atoms with Gasteiger partial charge in [0.25, 0.3) is 0 Å². The van der Waals surface area contributed by atoms with Crippen LogP contribution in [0, 0.1) is 0 Å². The molecule has 1 aromatic carbocycles. The van der Waals surface area contributed by atoms with Crippen molar-refractivity contribution in [2.75, 3.05) is 5.32 Å².